The Kier molecular flexibility index (Phi) is 6.41. The van der Waals surface area contributed by atoms with E-state index in [1.165, 1.54) is 10.9 Å². The summed E-state index contributed by atoms with van der Waals surface area (Å²) in [4.78, 5) is 47.8. The van der Waals surface area contributed by atoms with Crippen LogP contribution in [-0.4, -0.2) is 44.3 Å². The number of nitrogens with zero attached hydrogens (tertiary/aromatic N) is 4. The topological polar surface area (TPSA) is 97.2 Å². The lowest BCUT2D eigenvalue weighted by Gasteiger charge is -2.31. The molecule has 4 rings (SSSR count). The molecule has 1 aliphatic rings. The van der Waals surface area contributed by atoms with Gasteiger partial charge in [0.1, 0.15) is 0 Å². The molecular formula is C22H22BrN5O3. The minimum Gasteiger partial charge on any atom is -0.343 e. The highest BCUT2D eigenvalue weighted by molar-refractivity contribution is 9.10. The second-order valence-corrected chi connectivity index (χ2v) is 8.45. The molecule has 1 fully saturated rings. The molecule has 1 aromatic carbocycles. The summed E-state index contributed by atoms with van der Waals surface area (Å²) in [5.74, 6) is -0.171. The number of rotatable bonds is 5. The number of nitrogens with one attached hydrogen (secondary N) is 1. The first-order valence-corrected chi connectivity index (χ1v) is 10.9. The number of hydrogen-bond acceptors (Lipinski definition) is 5. The lowest BCUT2D eigenvalue weighted by Crippen LogP contribution is -2.42. The van der Waals surface area contributed by atoms with Crippen molar-refractivity contribution in [3.05, 3.63) is 63.9 Å². The summed E-state index contributed by atoms with van der Waals surface area (Å²) in [6.07, 6.45) is 6.21. The molecular weight excluding hydrogens is 462 g/mol. The maximum atomic E-state index is 12.7. The van der Waals surface area contributed by atoms with E-state index < -0.39 is 0 Å². The summed E-state index contributed by atoms with van der Waals surface area (Å²) in [5, 5.41) is 3.42. The molecule has 0 bridgehead atoms. The summed E-state index contributed by atoms with van der Waals surface area (Å²) in [5.41, 5.74) is 1.19. The van der Waals surface area contributed by atoms with Crippen molar-refractivity contribution in [2.24, 2.45) is 5.92 Å². The van der Waals surface area contributed by atoms with Crippen molar-refractivity contribution in [1.82, 2.24) is 19.4 Å². The van der Waals surface area contributed by atoms with Gasteiger partial charge in [0.15, 0.2) is 0 Å². The molecule has 0 spiro atoms. The number of aryl methyl sites for hydroxylation is 1. The Hall–Kier alpha value is -3.07. The number of fused-ring (bicyclic) bond motifs is 1. The van der Waals surface area contributed by atoms with Gasteiger partial charge in [0.25, 0.3) is 5.56 Å². The van der Waals surface area contributed by atoms with Crippen molar-refractivity contribution in [1.29, 1.82) is 0 Å². The van der Waals surface area contributed by atoms with E-state index in [4.69, 9.17) is 0 Å². The van der Waals surface area contributed by atoms with Crippen LogP contribution in [-0.2, 0) is 16.1 Å². The van der Waals surface area contributed by atoms with E-state index in [0.29, 0.717) is 36.8 Å². The Labute approximate surface area is 187 Å². The molecule has 3 heterocycles. The molecule has 1 N–H and O–H groups in total. The van der Waals surface area contributed by atoms with Crippen LogP contribution in [0, 0.1) is 5.92 Å². The summed E-state index contributed by atoms with van der Waals surface area (Å²) < 4.78 is 2.28. The molecule has 8 nitrogen and oxygen atoms in total. The maximum Gasteiger partial charge on any atom is 0.261 e. The maximum absolute atomic E-state index is 12.7. The van der Waals surface area contributed by atoms with Gasteiger partial charge in [-0.2, -0.15) is 0 Å². The molecule has 2 amide bonds. The second kappa shape index (κ2) is 9.38. The lowest BCUT2D eigenvalue weighted by molar-refractivity contribution is -0.134. The first kappa shape index (κ1) is 21.2. The number of pyridine rings is 1. The zero-order valence-electron chi connectivity index (χ0n) is 16.8. The molecule has 160 valence electrons. The molecule has 0 atom stereocenters. The van der Waals surface area contributed by atoms with Crippen LogP contribution < -0.4 is 10.9 Å². The Bertz CT molecular complexity index is 1160. The zero-order valence-corrected chi connectivity index (χ0v) is 18.4. The van der Waals surface area contributed by atoms with Gasteiger partial charge in [0.05, 0.1) is 17.2 Å². The fourth-order valence-corrected chi connectivity index (χ4v) is 4.10. The fraction of sp³-hybridized carbons (Fsp3) is 0.318. The predicted octanol–water partition coefficient (Wildman–Crippen LogP) is 2.82. The van der Waals surface area contributed by atoms with E-state index in [0.717, 1.165) is 10.2 Å². The number of hydrogen-bond donors (Lipinski definition) is 1. The van der Waals surface area contributed by atoms with E-state index in [-0.39, 0.29) is 36.3 Å². The first-order valence-electron chi connectivity index (χ1n) is 10.1. The predicted molar refractivity (Wildman–Crippen MR) is 120 cm³/mol. The van der Waals surface area contributed by atoms with Crippen molar-refractivity contribution >= 4 is 44.3 Å². The molecule has 9 heteroatoms. The summed E-state index contributed by atoms with van der Waals surface area (Å²) >= 11 is 3.37. The fourth-order valence-electron chi connectivity index (χ4n) is 3.74. The summed E-state index contributed by atoms with van der Waals surface area (Å²) in [6, 6.07) is 8.86. The number of amides is 2. The van der Waals surface area contributed by atoms with Crippen molar-refractivity contribution in [2.75, 3.05) is 18.4 Å². The van der Waals surface area contributed by atoms with E-state index in [1.807, 2.05) is 6.07 Å². The molecule has 0 unspecified atom stereocenters. The number of aromatic nitrogens is 3. The average Bonchev–Trinajstić information content (AvgIpc) is 2.79. The second-order valence-electron chi connectivity index (χ2n) is 7.53. The standard InChI is InChI=1S/C22H22BrN5O3/c23-16-1-2-19-18(13-16)22(31)28(14-25-19)12-7-20(29)27-10-5-15(6-11-27)21(30)26-17-3-8-24-9-4-17/h1-4,8-9,13-15H,5-7,10-12H2,(H,24,26,30). The van der Waals surface area contributed by atoms with Crippen LogP contribution in [0.15, 0.2) is 58.3 Å². The Morgan fingerprint density at radius 3 is 2.61 bits per heavy atom. The molecule has 1 saturated heterocycles. The average molecular weight is 484 g/mol. The Morgan fingerprint density at radius 1 is 1.13 bits per heavy atom. The number of likely N-dealkylation sites (tertiary alicyclic amines) is 1. The molecule has 0 radical (unpaired) electrons. The van der Waals surface area contributed by atoms with Crippen LogP contribution in [0.2, 0.25) is 0 Å². The molecule has 31 heavy (non-hydrogen) atoms. The van der Waals surface area contributed by atoms with Gasteiger partial charge in [0, 0.05) is 54.5 Å². The molecule has 0 aliphatic carbocycles. The van der Waals surface area contributed by atoms with Gasteiger partial charge in [-0.15, -0.1) is 0 Å². The summed E-state index contributed by atoms with van der Waals surface area (Å²) in [6.45, 7) is 1.34. The molecule has 2 aromatic heterocycles. The van der Waals surface area contributed by atoms with E-state index >= 15 is 0 Å². The highest BCUT2D eigenvalue weighted by atomic mass is 79.9. The first-order chi connectivity index (χ1) is 15.0. The van der Waals surface area contributed by atoms with Gasteiger partial charge in [-0.1, -0.05) is 15.9 Å². The molecule has 1 aliphatic heterocycles. The largest absolute Gasteiger partial charge is 0.343 e. The third kappa shape index (κ3) is 4.99. The van der Waals surface area contributed by atoms with Gasteiger partial charge in [-0.05, 0) is 43.2 Å². The van der Waals surface area contributed by atoms with Crippen molar-refractivity contribution < 1.29 is 9.59 Å². The smallest absolute Gasteiger partial charge is 0.261 e. The number of benzene rings is 1. The highest BCUT2D eigenvalue weighted by Crippen LogP contribution is 2.20. The zero-order chi connectivity index (χ0) is 21.8. The van der Waals surface area contributed by atoms with Crippen LogP contribution in [0.3, 0.4) is 0 Å². The third-order valence-corrected chi connectivity index (χ3v) is 6.01. The van der Waals surface area contributed by atoms with Gasteiger partial charge in [0.2, 0.25) is 11.8 Å². The van der Waals surface area contributed by atoms with E-state index in [2.05, 4.69) is 31.2 Å². The van der Waals surface area contributed by atoms with Gasteiger partial charge < -0.3 is 10.2 Å². The van der Waals surface area contributed by atoms with Crippen LogP contribution in [0.5, 0.6) is 0 Å². The lowest BCUT2D eigenvalue weighted by atomic mass is 9.95. The van der Waals surface area contributed by atoms with Crippen LogP contribution >= 0.6 is 15.9 Å². The van der Waals surface area contributed by atoms with Crippen LogP contribution in [0.4, 0.5) is 5.69 Å². The van der Waals surface area contributed by atoms with Gasteiger partial charge in [-0.3, -0.25) is 23.9 Å². The Morgan fingerprint density at radius 2 is 1.87 bits per heavy atom. The number of carbonyl (C=O) groups is 2. The van der Waals surface area contributed by atoms with Crippen molar-refractivity contribution in [3.63, 3.8) is 0 Å². The van der Waals surface area contributed by atoms with Crippen LogP contribution in [0.1, 0.15) is 19.3 Å². The molecule has 3 aromatic rings. The van der Waals surface area contributed by atoms with E-state index in [9.17, 15) is 14.4 Å². The number of halogens is 1. The van der Waals surface area contributed by atoms with Gasteiger partial charge in [-0.25, -0.2) is 4.98 Å². The Balaban J connectivity index is 1.30. The van der Waals surface area contributed by atoms with Crippen molar-refractivity contribution in [2.45, 2.75) is 25.8 Å². The normalized spacial score (nSPS) is 14.5. The minimum absolute atomic E-state index is 0.0192. The van der Waals surface area contributed by atoms with Crippen LogP contribution in [0.25, 0.3) is 10.9 Å². The number of carbonyl (C=O) groups excluding carboxylic acids is 2. The van der Waals surface area contributed by atoms with E-state index in [1.54, 1.807) is 41.6 Å². The van der Waals surface area contributed by atoms with Gasteiger partial charge >= 0.3 is 0 Å². The summed E-state index contributed by atoms with van der Waals surface area (Å²) in [7, 11) is 0. The quantitative estimate of drug-likeness (QED) is 0.601. The monoisotopic (exact) mass is 483 g/mol. The highest BCUT2D eigenvalue weighted by Gasteiger charge is 2.27. The number of anilines is 1. The van der Waals surface area contributed by atoms with Crippen molar-refractivity contribution in [3.8, 4) is 0 Å². The third-order valence-electron chi connectivity index (χ3n) is 5.52. The number of piperidine rings is 1. The molecule has 0 saturated carbocycles. The minimum atomic E-state index is -0.161. The SMILES string of the molecule is O=C(Nc1ccncc1)C1CCN(C(=O)CCn2cnc3ccc(Br)cc3c2=O)CC1.